The number of morpholine rings is 1. The number of nitrogens with zero attached hydrogens (tertiary/aromatic N) is 3. The van der Waals surface area contributed by atoms with Crippen LogP contribution in [-0.2, 0) is 4.74 Å². The van der Waals surface area contributed by atoms with Gasteiger partial charge in [0, 0.05) is 6.54 Å². The summed E-state index contributed by atoms with van der Waals surface area (Å²) in [4.78, 5) is 5.45. The summed E-state index contributed by atoms with van der Waals surface area (Å²) in [7, 11) is 0. The van der Waals surface area contributed by atoms with Gasteiger partial charge < -0.3 is 9.64 Å². The van der Waals surface area contributed by atoms with Gasteiger partial charge in [-0.1, -0.05) is 6.07 Å². The Balaban J connectivity index is 2.16. The highest BCUT2D eigenvalue weighted by Crippen LogP contribution is 2.27. The van der Waals surface area contributed by atoms with E-state index in [1.807, 2.05) is 6.07 Å². The van der Waals surface area contributed by atoms with Crippen molar-refractivity contribution in [3.05, 3.63) is 23.9 Å². The smallest absolute Gasteiger partial charge is 0.365 e. The Morgan fingerprint density at radius 3 is 2.89 bits per heavy atom. The van der Waals surface area contributed by atoms with Gasteiger partial charge in [0.05, 0.1) is 13.2 Å². The molecule has 0 amide bonds. The Hall–Kier alpha value is -1.81. The predicted octanol–water partition coefficient (Wildman–Crippen LogP) is 1.72. The summed E-state index contributed by atoms with van der Waals surface area (Å²) in [6.45, 7) is 0.0164. The Kier molecular flexibility index (Phi) is 3.39. The number of rotatable bonds is 1. The number of nitriles is 1. The highest BCUT2D eigenvalue weighted by Gasteiger charge is 2.43. The fourth-order valence-electron chi connectivity index (χ4n) is 1.72. The Bertz CT molecular complexity index is 469. The summed E-state index contributed by atoms with van der Waals surface area (Å²) in [5, 5.41) is 8.71. The molecule has 0 unspecified atom stereocenters. The van der Waals surface area contributed by atoms with Crippen molar-refractivity contribution >= 4 is 5.82 Å². The number of aromatic nitrogens is 1. The van der Waals surface area contributed by atoms with Crippen molar-refractivity contribution in [2.24, 2.45) is 0 Å². The van der Waals surface area contributed by atoms with Crippen molar-refractivity contribution in [2.75, 3.05) is 24.6 Å². The zero-order valence-electron chi connectivity index (χ0n) is 9.31. The van der Waals surface area contributed by atoms with Crippen LogP contribution in [0.2, 0.25) is 0 Å². The van der Waals surface area contributed by atoms with Gasteiger partial charge >= 0.3 is 6.18 Å². The molecular formula is C11H10F3N3O. The normalized spacial score (nSPS) is 20.6. The van der Waals surface area contributed by atoms with Crippen molar-refractivity contribution in [3.8, 4) is 6.07 Å². The number of hydrogen-bond acceptors (Lipinski definition) is 4. The first-order chi connectivity index (χ1) is 8.50. The van der Waals surface area contributed by atoms with Crippen LogP contribution in [0.5, 0.6) is 0 Å². The van der Waals surface area contributed by atoms with Gasteiger partial charge in [-0.05, 0) is 12.1 Å². The van der Waals surface area contributed by atoms with E-state index in [-0.39, 0.29) is 18.8 Å². The predicted molar refractivity (Wildman–Crippen MR) is 57.0 cm³/mol. The van der Waals surface area contributed by atoms with Gasteiger partial charge in [-0.3, -0.25) is 0 Å². The van der Waals surface area contributed by atoms with Crippen LogP contribution in [0, 0.1) is 11.3 Å². The number of alkyl halides is 3. The zero-order chi connectivity index (χ0) is 13.2. The standard InChI is InChI=1S/C11H10F3N3O/c12-11(13,14)9-7-17(4-5-18-9)10-3-1-2-8(6-15)16-10/h1-3,9H,4-5,7H2/t9-/m1/s1. The van der Waals surface area contributed by atoms with E-state index in [0.717, 1.165) is 0 Å². The third kappa shape index (κ3) is 2.71. The second-order valence-corrected chi connectivity index (χ2v) is 3.84. The molecule has 2 rings (SSSR count). The molecule has 0 saturated carbocycles. The first kappa shape index (κ1) is 12.6. The second-order valence-electron chi connectivity index (χ2n) is 3.84. The molecule has 1 aliphatic rings. The summed E-state index contributed by atoms with van der Waals surface area (Å²) >= 11 is 0. The third-order valence-corrected chi connectivity index (χ3v) is 2.60. The van der Waals surface area contributed by atoms with E-state index in [1.54, 1.807) is 12.1 Å². The molecule has 0 spiro atoms. The van der Waals surface area contributed by atoms with Crippen LogP contribution in [0.25, 0.3) is 0 Å². The van der Waals surface area contributed by atoms with Crippen molar-refractivity contribution in [3.63, 3.8) is 0 Å². The molecule has 0 N–H and O–H groups in total. The maximum atomic E-state index is 12.6. The number of anilines is 1. The first-order valence-corrected chi connectivity index (χ1v) is 5.31. The van der Waals surface area contributed by atoms with Crippen molar-refractivity contribution in [1.29, 1.82) is 5.26 Å². The molecule has 4 nitrogen and oxygen atoms in total. The monoisotopic (exact) mass is 257 g/mol. The lowest BCUT2D eigenvalue weighted by Gasteiger charge is -2.34. The minimum Gasteiger partial charge on any atom is -0.365 e. The van der Waals surface area contributed by atoms with Crippen LogP contribution < -0.4 is 4.90 Å². The SMILES string of the molecule is N#Cc1cccc(N2CCO[C@@H](C(F)(F)F)C2)n1. The van der Waals surface area contributed by atoms with Crippen LogP contribution in [-0.4, -0.2) is 37.0 Å². The van der Waals surface area contributed by atoms with Gasteiger partial charge in [-0.25, -0.2) is 4.98 Å². The second kappa shape index (κ2) is 4.82. The molecule has 1 fully saturated rings. The number of halogens is 3. The van der Waals surface area contributed by atoms with Crippen LogP contribution in [0.15, 0.2) is 18.2 Å². The highest BCUT2D eigenvalue weighted by atomic mass is 19.4. The molecule has 1 aromatic heterocycles. The molecule has 1 aromatic rings. The summed E-state index contributed by atoms with van der Waals surface area (Å²) in [6.07, 6.45) is -6.19. The van der Waals surface area contributed by atoms with E-state index >= 15 is 0 Å². The van der Waals surface area contributed by atoms with E-state index in [9.17, 15) is 13.2 Å². The van der Waals surface area contributed by atoms with Gasteiger partial charge in [-0.15, -0.1) is 0 Å². The summed E-state index contributed by atoms with van der Waals surface area (Å²) in [5.74, 6) is 0.367. The topological polar surface area (TPSA) is 49.2 Å². The van der Waals surface area contributed by atoms with Crippen LogP contribution in [0.1, 0.15) is 5.69 Å². The quantitative estimate of drug-likeness (QED) is 0.768. The van der Waals surface area contributed by atoms with Gasteiger partial charge in [0.25, 0.3) is 0 Å². The van der Waals surface area contributed by atoms with E-state index in [0.29, 0.717) is 12.4 Å². The summed E-state index contributed by atoms with van der Waals surface area (Å²) < 4.78 is 42.3. The van der Waals surface area contributed by atoms with Crippen LogP contribution >= 0.6 is 0 Å². The molecule has 1 aliphatic heterocycles. The first-order valence-electron chi connectivity index (χ1n) is 5.31. The summed E-state index contributed by atoms with van der Waals surface area (Å²) in [6, 6.07) is 6.54. The van der Waals surface area contributed by atoms with Gasteiger partial charge in [0.1, 0.15) is 17.6 Å². The molecule has 0 radical (unpaired) electrons. The minimum atomic E-state index is -4.38. The molecule has 2 heterocycles. The maximum absolute atomic E-state index is 12.6. The molecular weight excluding hydrogens is 247 g/mol. The average Bonchev–Trinajstić information content (AvgIpc) is 2.38. The lowest BCUT2D eigenvalue weighted by Crippen LogP contribution is -2.49. The molecule has 0 aromatic carbocycles. The molecule has 96 valence electrons. The maximum Gasteiger partial charge on any atom is 0.416 e. The van der Waals surface area contributed by atoms with Gasteiger partial charge in [0.2, 0.25) is 0 Å². The Morgan fingerprint density at radius 2 is 2.22 bits per heavy atom. The molecule has 18 heavy (non-hydrogen) atoms. The van der Waals surface area contributed by atoms with E-state index < -0.39 is 12.3 Å². The average molecular weight is 257 g/mol. The minimum absolute atomic E-state index is 0.0113. The third-order valence-electron chi connectivity index (χ3n) is 2.60. The lowest BCUT2D eigenvalue weighted by atomic mass is 10.2. The molecule has 0 bridgehead atoms. The van der Waals surface area contributed by atoms with Gasteiger partial charge in [-0.2, -0.15) is 18.4 Å². The molecule has 0 aliphatic carbocycles. The molecule has 1 atom stereocenters. The lowest BCUT2D eigenvalue weighted by molar-refractivity contribution is -0.221. The largest absolute Gasteiger partial charge is 0.416 e. The zero-order valence-corrected chi connectivity index (χ0v) is 9.31. The fraction of sp³-hybridized carbons (Fsp3) is 0.455. The van der Waals surface area contributed by atoms with E-state index in [4.69, 9.17) is 10.00 Å². The van der Waals surface area contributed by atoms with Crippen LogP contribution in [0.3, 0.4) is 0 Å². The van der Waals surface area contributed by atoms with Crippen molar-refractivity contribution < 1.29 is 17.9 Å². The van der Waals surface area contributed by atoms with Crippen LogP contribution in [0.4, 0.5) is 19.0 Å². The Morgan fingerprint density at radius 1 is 1.44 bits per heavy atom. The fourth-order valence-corrected chi connectivity index (χ4v) is 1.72. The molecule has 7 heteroatoms. The van der Waals surface area contributed by atoms with Gasteiger partial charge in [0.15, 0.2) is 6.10 Å². The van der Waals surface area contributed by atoms with E-state index in [2.05, 4.69) is 4.98 Å². The number of hydrogen-bond donors (Lipinski definition) is 0. The van der Waals surface area contributed by atoms with Crippen molar-refractivity contribution in [2.45, 2.75) is 12.3 Å². The van der Waals surface area contributed by atoms with E-state index in [1.165, 1.54) is 11.0 Å². The Labute approximate surface area is 102 Å². The highest BCUT2D eigenvalue weighted by molar-refractivity contribution is 5.42. The molecule has 1 saturated heterocycles. The van der Waals surface area contributed by atoms with Crippen molar-refractivity contribution in [1.82, 2.24) is 4.98 Å². The number of pyridine rings is 1. The summed E-state index contributed by atoms with van der Waals surface area (Å²) in [5.41, 5.74) is 0.183. The number of ether oxygens (including phenoxy) is 1.